The van der Waals surface area contributed by atoms with Crippen molar-refractivity contribution in [1.82, 2.24) is 5.32 Å². The van der Waals surface area contributed by atoms with E-state index in [1.165, 1.54) is 11.3 Å². The zero-order valence-corrected chi connectivity index (χ0v) is 8.96. The molecule has 2 heteroatoms. The summed E-state index contributed by atoms with van der Waals surface area (Å²) in [6.45, 7) is 7.69. The van der Waals surface area contributed by atoms with Crippen molar-refractivity contribution in [2.45, 2.75) is 19.9 Å². The van der Waals surface area contributed by atoms with Crippen LogP contribution in [0.25, 0.3) is 0 Å². The Morgan fingerprint density at radius 3 is 2.21 bits per heavy atom. The van der Waals surface area contributed by atoms with E-state index in [1.54, 1.807) is 0 Å². The Morgan fingerprint density at radius 1 is 1.21 bits per heavy atom. The number of hydrogen-bond donors (Lipinski definition) is 1. The molecule has 1 saturated heterocycles. The largest absolute Gasteiger partial charge is 0.372 e. The number of anilines is 1. The van der Waals surface area contributed by atoms with Crippen LogP contribution in [0.1, 0.15) is 25.5 Å². The molecule has 14 heavy (non-hydrogen) atoms. The Labute approximate surface area is 85.9 Å². The van der Waals surface area contributed by atoms with Crippen molar-refractivity contribution in [3.8, 4) is 0 Å². The number of nitrogens with one attached hydrogen (secondary N) is 1. The van der Waals surface area contributed by atoms with Gasteiger partial charge in [0.2, 0.25) is 0 Å². The van der Waals surface area contributed by atoms with Crippen LogP contribution in [-0.2, 0) is 0 Å². The van der Waals surface area contributed by atoms with Crippen molar-refractivity contribution < 1.29 is 0 Å². The lowest BCUT2D eigenvalue weighted by Gasteiger charge is -2.21. The number of hydrogen-bond acceptors (Lipinski definition) is 2. The molecule has 76 valence electrons. The van der Waals surface area contributed by atoms with Crippen LogP contribution in [-0.4, -0.2) is 19.6 Å². The molecule has 0 spiro atoms. The van der Waals surface area contributed by atoms with E-state index < -0.39 is 0 Å². The maximum atomic E-state index is 3.31. The van der Waals surface area contributed by atoms with Gasteiger partial charge in [-0.2, -0.15) is 0 Å². The maximum absolute atomic E-state index is 3.31. The van der Waals surface area contributed by atoms with Crippen LogP contribution in [0.4, 0.5) is 5.69 Å². The summed E-state index contributed by atoms with van der Waals surface area (Å²) in [6.07, 6.45) is 0. The summed E-state index contributed by atoms with van der Waals surface area (Å²) in [5.41, 5.74) is 2.75. The fourth-order valence-electron chi connectivity index (χ4n) is 1.80. The summed E-state index contributed by atoms with van der Waals surface area (Å²) in [6, 6.07) is 9.54. The lowest BCUT2D eigenvalue weighted by Crippen LogP contribution is -2.21. The zero-order chi connectivity index (χ0) is 9.97. The highest BCUT2D eigenvalue weighted by Gasteiger charge is 2.21. The van der Waals surface area contributed by atoms with Gasteiger partial charge in [-0.1, -0.05) is 12.1 Å². The second-order valence-corrected chi connectivity index (χ2v) is 3.72. The van der Waals surface area contributed by atoms with Crippen molar-refractivity contribution >= 4 is 5.69 Å². The summed E-state index contributed by atoms with van der Waals surface area (Å²) >= 11 is 0. The molecule has 1 heterocycles. The van der Waals surface area contributed by atoms with E-state index >= 15 is 0 Å². The molecule has 1 aromatic carbocycles. The lowest BCUT2D eigenvalue weighted by molar-refractivity contribution is 0.865. The number of nitrogens with zero attached hydrogens (tertiary/aromatic N) is 1. The summed E-state index contributed by atoms with van der Waals surface area (Å²) < 4.78 is 0. The molecule has 1 atom stereocenters. The molecule has 1 aliphatic rings. The van der Waals surface area contributed by atoms with E-state index in [2.05, 4.69) is 48.3 Å². The van der Waals surface area contributed by atoms with Gasteiger partial charge in [-0.3, -0.25) is 0 Å². The molecule has 1 fully saturated rings. The Morgan fingerprint density at radius 2 is 1.79 bits per heavy atom. The molecule has 1 aliphatic heterocycles. The van der Waals surface area contributed by atoms with Gasteiger partial charge in [-0.25, -0.2) is 0 Å². The van der Waals surface area contributed by atoms with Gasteiger partial charge in [0.25, 0.3) is 0 Å². The molecular weight excluding hydrogens is 172 g/mol. The zero-order valence-electron chi connectivity index (χ0n) is 8.96. The summed E-state index contributed by atoms with van der Waals surface area (Å²) in [7, 11) is 0. The fraction of sp³-hybridized carbons (Fsp3) is 0.500. The predicted molar refractivity (Wildman–Crippen MR) is 60.7 cm³/mol. The molecule has 0 saturated carbocycles. The van der Waals surface area contributed by atoms with Crippen molar-refractivity contribution in [2.75, 3.05) is 24.5 Å². The topological polar surface area (TPSA) is 25.2 Å². The minimum Gasteiger partial charge on any atom is -0.372 e. The standard InChI is InChI=1S/C12H18N2/c1-3-14(4-2)11-7-5-10(6-8-11)12-9-13-12/h5-8,12-13H,3-4,9H2,1-2H3/t12-/m1/s1. The molecule has 0 bridgehead atoms. The van der Waals surface area contributed by atoms with E-state index in [1.807, 2.05) is 0 Å². The third-order valence-corrected chi connectivity index (χ3v) is 2.83. The average molecular weight is 190 g/mol. The SMILES string of the molecule is CCN(CC)c1ccc([C@H]2CN2)cc1. The van der Waals surface area contributed by atoms with Gasteiger partial charge in [0.1, 0.15) is 0 Å². The van der Waals surface area contributed by atoms with Crippen molar-refractivity contribution in [3.05, 3.63) is 29.8 Å². The van der Waals surface area contributed by atoms with Gasteiger partial charge in [0, 0.05) is 31.4 Å². The highest BCUT2D eigenvalue weighted by molar-refractivity contribution is 5.48. The maximum Gasteiger partial charge on any atom is 0.0447 e. The quantitative estimate of drug-likeness (QED) is 0.736. The summed E-state index contributed by atoms with van der Waals surface area (Å²) in [4.78, 5) is 2.37. The second kappa shape index (κ2) is 4.01. The van der Waals surface area contributed by atoms with Gasteiger partial charge >= 0.3 is 0 Å². The Hall–Kier alpha value is -1.02. The van der Waals surface area contributed by atoms with Crippen LogP contribution in [0.15, 0.2) is 24.3 Å². The van der Waals surface area contributed by atoms with E-state index in [9.17, 15) is 0 Å². The predicted octanol–water partition coefficient (Wildman–Crippen LogP) is 2.18. The van der Waals surface area contributed by atoms with E-state index in [4.69, 9.17) is 0 Å². The second-order valence-electron chi connectivity index (χ2n) is 3.72. The highest BCUT2D eigenvalue weighted by atomic mass is 15.1. The normalized spacial score (nSPS) is 19.4. The number of rotatable bonds is 4. The van der Waals surface area contributed by atoms with E-state index in [0.29, 0.717) is 6.04 Å². The van der Waals surface area contributed by atoms with Gasteiger partial charge in [-0.05, 0) is 31.5 Å². The molecule has 2 nitrogen and oxygen atoms in total. The monoisotopic (exact) mass is 190 g/mol. The third-order valence-electron chi connectivity index (χ3n) is 2.83. The molecular formula is C12H18N2. The number of benzene rings is 1. The van der Waals surface area contributed by atoms with E-state index in [-0.39, 0.29) is 0 Å². The van der Waals surface area contributed by atoms with Gasteiger partial charge in [0.15, 0.2) is 0 Å². The molecule has 0 amide bonds. The van der Waals surface area contributed by atoms with Crippen LogP contribution < -0.4 is 10.2 Å². The van der Waals surface area contributed by atoms with Gasteiger partial charge in [-0.15, -0.1) is 0 Å². The van der Waals surface area contributed by atoms with Crippen molar-refractivity contribution in [2.24, 2.45) is 0 Å². The first-order chi connectivity index (χ1) is 6.85. The fourth-order valence-corrected chi connectivity index (χ4v) is 1.80. The van der Waals surface area contributed by atoms with Gasteiger partial charge < -0.3 is 10.2 Å². The van der Waals surface area contributed by atoms with Crippen LogP contribution in [0.5, 0.6) is 0 Å². The minimum atomic E-state index is 0.626. The molecule has 0 radical (unpaired) electrons. The summed E-state index contributed by atoms with van der Waals surface area (Å²) in [5, 5.41) is 3.31. The first-order valence-electron chi connectivity index (χ1n) is 5.43. The molecule has 2 rings (SSSR count). The molecule has 0 unspecified atom stereocenters. The van der Waals surface area contributed by atoms with Crippen molar-refractivity contribution in [1.29, 1.82) is 0 Å². The smallest absolute Gasteiger partial charge is 0.0447 e. The van der Waals surface area contributed by atoms with Crippen LogP contribution in [0.3, 0.4) is 0 Å². The van der Waals surface area contributed by atoms with Crippen LogP contribution >= 0.6 is 0 Å². The van der Waals surface area contributed by atoms with E-state index in [0.717, 1.165) is 19.6 Å². The first-order valence-corrected chi connectivity index (χ1v) is 5.43. The minimum absolute atomic E-state index is 0.626. The van der Waals surface area contributed by atoms with Crippen LogP contribution in [0.2, 0.25) is 0 Å². The van der Waals surface area contributed by atoms with Crippen LogP contribution in [0, 0.1) is 0 Å². The molecule has 0 aliphatic carbocycles. The molecule has 0 aromatic heterocycles. The molecule has 1 aromatic rings. The Balaban J connectivity index is 2.11. The van der Waals surface area contributed by atoms with Gasteiger partial charge in [0.05, 0.1) is 0 Å². The third kappa shape index (κ3) is 1.90. The lowest BCUT2D eigenvalue weighted by atomic mass is 10.1. The average Bonchev–Trinajstić information content (AvgIpc) is 3.04. The summed E-state index contributed by atoms with van der Waals surface area (Å²) in [5.74, 6) is 0. The highest BCUT2D eigenvalue weighted by Crippen LogP contribution is 2.24. The Bertz CT molecular complexity index is 284. The Kier molecular flexibility index (Phi) is 2.73. The van der Waals surface area contributed by atoms with Crippen molar-refractivity contribution in [3.63, 3.8) is 0 Å². The first kappa shape index (κ1) is 9.53. The molecule has 1 N–H and O–H groups in total.